The molecule has 8 nitrogen and oxygen atoms in total. The fourth-order valence-corrected chi connectivity index (χ4v) is 3.37. The predicted molar refractivity (Wildman–Crippen MR) is 93.7 cm³/mol. The van der Waals surface area contributed by atoms with E-state index in [-0.39, 0.29) is 18.0 Å². The number of aromatic nitrogens is 4. The number of nitrogens with zero attached hydrogens (tertiary/aromatic N) is 5. The second-order valence-corrected chi connectivity index (χ2v) is 6.72. The molecular formula is C18H23N5O3. The molecule has 2 aromatic rings. The van der Waals surface area contributed by atoms with E-state index in [1.807, 2.05) is 18.7 Å². The lowest BCUT2D eigenvalue weighted by atomic mass is 9.97. The first-order chi connectivity index (χ1) is 12.5. The molecule has 3 atom stereocenters. The van der Waals surface area contributed by atoms with Crippen LogP contribution in [0.15, 0.2) is 30.6 Å². The summed E-state index contributed by atoms with van der Waals surface area (Å²) in [6.07, 6.45) is 3.73. The van der Waals surface area contributed by atoms with Crippen LogP contribution in [0.5, 0.6) is 0 Å². The van der Waals surface area contributed by atoms with Crippen molar-refractivity contribution in [2.75, 3.05) is 0 Å². The van der Waals surface area contributed by atoms with Gasteiger partial charge < -0.3 is 9.64 Å². The van der Waals surface area contributed by atoms with Crippen LogP contribution in [0.1, 0.15) is 50.4 Å². The van der Waals surface area contributed by atoms with Gasteiger partial charge in [0, 0.05) is 12.1 Å². The quantitative estimate of drug-likeness (QED) is 0.778. The zero-order valence-corrected chi connectivity index (χ0v) is 15.2. The molecule has 0 radical (unpaired) electrons. The Hall–Kier alpha value is -2.77. The Morgan fingerprint density at radius 3 is 2.38 bits per heavy atom. The van der Waals surface area contributed by atoms with Gasteiger partial charge in [0.1, 0.15) is 6.33 Å². The topological polar surface area (TPSA) is 90.2 Å². The minimum absolute atomic E-state index is 0.136. The second-order valence-electron chi connectivity index (χ2n) is 6.72. The number of ether oxygens (including phenoxy) is 1. The SMILES string of the molecule is C[C@@H]1CCC[C@H](C)N1C(=O)[C@@H](C)OC(=O)c1ccc(-n2cnnn2)cc1. The van der Waals surface area contributed by atoms with Crippen molar-refractivity contribution < 1.29 is 14.3 Å². The maximum atomic E-state index is 12.7. The highest BCUT2D eigenvalue weighted by atomic mass is 16.5. The Labute approximate surface area is 152 Å². The third kappa shape index (κ3) is 3.74. The van der Waals surface area contributed by atoms with E-state index in [4.69, 9.17) is 4.74 Å². The molecule has 26 heavy (non-hydrogen) atoms. The van der Waals surface area contributed by atoms with Crippen molar-refractivity contribution in [2.45, 2.75) is 58.2 Å². The summed E-state index contributed by atoms with van der Waals surface area (Å²) in [4.78, 5) is 26.9. The summed E-state index contributed by atoms with van der Waals surface area (Å²) in [5, 5.41) is 10.9. The molecule has 3 rings (SSSR count). The van der Waals surface area contributed by atoms with Crippen molar-refractivity contribution in [3.8, 4) is 5.69 Å². The van der Waals surface area contributed by atoms with Crippen LogP contribution >= 0.6 is 0 Å². The number of rotatable bonds is 4. The van der Waals surface area contributed by atoms with Crippen LogP contribution in [0.25, 0.3) is 5.69 Å². The smallest absolute Gasteiger partial charge is 0.338 e. The largest absolute Gasteiger partial charge is 0.449 e. The first-order valence-corrected chi connectivity index (χ1v) is 8.84. The molecule has 1 aromatic heterocycles. The van der Waals surface area contributed by atoms with E-state index in [2.05, 4.69) is 15.5 Å². The van der Waals surface area contributed by atoms with Gasteiger partial charge in [0.15, 0.2) is 6.10 Å². The molecule has 0 aliphatic carbocycles. The number of tetrazole rings is 1. The van der Waals surface area contributed by atoms with Gasteiger partial charge in [-0.25, -0.2) is 9.48 Å². The highest BCUT2D eigenvalue weighted by Gasteiger charge is 2.33. The van der Waals surface area contributed by atoms with E-state index in [1.54, 1.807) is 31.2 Å². The minimum Gasteiger partial charge on any atom is -0.449 e. The number of carbonyl (C=O) groups excluding carboxylic acids is 2. The van der Waals surface area contributed by atoms with Gasteiger partial charge in [0.2, 0.25) is 0 Å². The van der Waals surface area contributed by atoms with Crippen molar-refractivity contribution in [3.63, 3.8) is 0 Å². The van der Waals surface area contributed by atoms with Crippen molar-refractivity contribution in [2.24, 2.45) is 0 Å². The van der Waals surface area contributed by atoms with Gasteiger partial charge in [-0.1, -0.05) is 0 Å². The molecule has 0 spiro atoms. The molecule has 0 N–H and O–H groups in total. The number of carbonyl (C=O) groups is 2. The van der Waals surface area contributed by atoms with Crippen LogP contribution in [0.4, 0.5) is 0 Å². The van der Waals surface area contributed by atoms with E-state index >= 15 is 0 Å². The lowest BCUT2D eigenvalue weighted by Crippen LogP contribution is -2.51. The third-order valence-corrected chi connectivity index (χ3v) is 4.80. The minimum atomic E-state index is -0.815. The van der Waals surface area contributed by atoms with Crippen LogP contribution in [0, 0.1) is 0 Å². The van der Waals surface area contributed by atoms with Crippen LogP contribution in [-0.2, 0) is 9.53 Å². The summed E-state index contributed by atoms with van der Waals surface area (Å²) >= 11 is 0. The van der Waals surface area contributed by atoms with Crippen molar-refractivity contribution in [1.82, 2.24) is 25.1 Å². The van der Waals surface area contributed by atoms with Gasteiger partial charge in [0.25, 0.3) is 5.91 Å². The number of benzene rings is 1. The number of esters is 1. The molecule has 0 unspecified atom stereocenters. The van der Waals surface area contributed by atoms with E-state index in [9.17, 15) is 9.59 Å². The van der Waals surface area contributed by atoms with Gasteiger partial charge in [-0.3, -0.25) is 4.79 Å². The molecule has 138 valence electrons. The Morgan fingerprint density at radius 2 is 1.81 bits per heavy atom. The first kappa shape index (κ1) is 18.0. The summed E-state index contributed by atoms with van der Waals surface area (Å²) < 4.78 is 6.89. The van der Waals surface area contributed by atoms with E-state index in [1.165, 1.54) is 11.0 Å². The third-order valence-electron chi connectivity index (χ3n) is 4.80. The Morgan fingerprint density at radius 1 is 1.15 bits per heavy atom. The van der Waals surface area contributed by atoms with Crippen LogP contribution in [0.2, 0.25) is 0 Å². The van der Waals surface area contributed by atoms with Gasteiger partial charge in [0.05, 0.1) is 11.3 Å². The number of piperidine rings is 1. The molecule has 2 heterocycles. The van der Waals surface area contributed by atoms with E-state index < -0.39 is 12.1 Å². The first-order valence-electron chi connectivity index (χ1n) is 8.84. The van der Waals surface area contributed by atoms with Gasteiger partial charge >= 0.3 is 5.97 Å². The summed E-state index contributed by atoms with van der Waals surface area (Å²) in [5.41, 5.74) is 1.10. The summed E-state index contributed by atoms with van der Waals surface area (Å²) in [5.74, 6) is -0.658. The summed E-state index contributed by atoms with van der Waals surface area (Å²) in [6, 6.07) is 7.03. The molecular weight excluding hydrogens is 334 g/mol. The summed E-state index contributed by atoms with van der Waals surface area (Å²) in [7, 11) is 0. The average Bonchev–Trinajstić information content (AvgIpc) is 3.16. The van der Waals surface area contributed by atoms with E-state index in [0.717, 1.165) is 24.9 Å². The second kappa shape index (κ2) is 7.63. The fraction of sp³-hybridized carbons (Fsp3) is 0.500. The summed E-state index contributed by atoms with van der Waals surface area (Å²) in [6.45, 7) is 5.71. The number of amides is 1. The molecule has 1 aromatic carbocycles. The number of likely N-dealkylation sites (tertiary alicyclic amines) is 1. The highest BCUT2D eigenvalue weighted by Crippen LogP contribution is 2.24. The lowest BCUT2D eigenvalue weighted by molar-refractivity contribution is -0.146. The van der Waals surface area contributed by atoms with Gasteiger partial charge in [-0.2, -0.15) is 0 Å². The molecule has 1 amide bonds. The standard InChI is InChI=1S/C18H23N5O3/c1-12-5-4-6-13(2)23(12)17(24)14(3)26-18(25)15-7-9-16(10-8-15)22-11-19-20-21-22/h7-14H,4-6H2,1-3H3/t12-,13+,14-/m1/s1. The number of hydrogen-bond donors (Lipinski definition) is 0. The monoisotopic (exact) mass is 357 g/mol. The zero-order chi connectivity index (χ0) is 18.7. The van der Waals surface area contributed by atoms with Crippen molar-refractivity contribution in [1.29, 1.82) is 0 Å². The van der Waals surface area contributed by atoms with E-state index in [0.29, 0.717) is 5.56 Å². The number of hydrogen-bond acceptors (Lipinski definition) is 6. The maximum Gasteiger partial charge on any atom is 0.338 e. The molecule has 0 saturated carbocycles. The van der Waals surface area contributed by atoms with Crippen LogP contribution in [-0.4, -0.2) is 55.2 Å². The fourth-order valence-electron chi connectivity index (χ4n) is 3.37. The Bertz CT molecular complexity index is 750. The van der Waals surface area contributed by atoms with Gasteiger partial charge in [-0.05, 0) is 74.7 Å². The Kier molecular flexibility index (Phi) is 5.29. The molecule has 0 bridgehead atoms. The van der Waals surface area contributed by atoms with Crippen molar-refractivity contribution >= 4 is 11.9 Å². The highest BCUT2D eigenvalue weighted by molar-refractivity contribution is 5.92. The molecule has 1 fully saturated rings. The molecule has 1 aliphatic heterocycles. The Balaban J connectivity index is 1.64. The molecule has 1 saturated heterocycles. The van der Waals surface area contributed by atoms with Crippen LogP contribution < -0.4 is 0 Å². The van der Waals surface area contributed by atoms with Crippen molar-refractivity contribution in [3.05, 3.63) is 36.2 Å². The molecule has 1 aliphatic rings. The maximum absolute atomic E-state index is 12.7. The molecule has 8 heteroatoms. The van der Waals surface area contributed by atoms with Gasteiger partial charge in [-0.15, -0.1) is 5.10 Å². The average molecular weight is 357 g/mol. The lowest BCUT2D eigenvalue weighted by Gasteiger charge is -2.40. The zero-order valence-electron chi connectivity index (χ0n) is 15.2. The normalized spacial score (nSPS) is 21.3. The predicted octanol–water partition coefficient (Wildman–Crippen LogP) is 2.00. The van der Waals surface area contributed by atoms with Crippen LogP contribution in [0.3, 0.4) is 0 Å².